The molecule has 0 aromatic heterocycles. The van der Waals surface area contributed by atoms with E-state index in [0.717, 1.165) is 35.7 Å². The van der Waals surface area contributed by atoms with Crippen molar-refractivity contribution in [2.24, 2.45) is 0 Å². The number of ether oxygens (including phenoxy) is 1. The number of nitro groups is 1. The lowest BCUT2D eigenvalue weighted by atomic mass is 10.0. The Morgan fingerprint density at radius 1 is 1.07 bits per heavy atom. The Labute approximate surface area is 169 Å². The molecule has 0 saturated heterocycles. The van der Waals surface area contributed by atoms with Gasteiger partial charge in [-0.15, -0.1) is 0 Å². The fourth-order valence-corrected chi connectivity index (χ4v) is 2.94. The first-order chi connectivity index (χ1) is 13.9. The molecule has 2 N–H and O–H groups in total. The lowest BCUT2D eigenvalue weighted by Gasteiger charge is -2.14. The summed E-state index contributed by atoms with van der Waals surface area (Å²) in [4.78, 5) is 35.2. The molecule has 0 aliphatic carbocycles. The number of aryl methyl sites for hydroxylation is 2. The molecule has 29 heavy (non-hydrogen) atoms. The van der Waals surface area contributed by atoms with E-state index in [-0.39, 0.29) is 11.3 Å². The number of nitro benzene ring substituents is 1. The number of anilines is 2. The molecule has 0 heterocycles. The Hall–Kier alpha value is -3.42. The van der Waals surface area contributed by atoms with Gasteiger partial charge in [0, 0.05) is 18.3 Å². The monoisotopic (exact) mass is 399 g/mol. The van der Waals surface area contributed by atoms with E-state index in [1.165, 1.54) is 12.1 Å². The molecule has 154 valence electrons. The van der Waals surface area contributed by atoms with Gasteiger partial charge in [-0.2, -0.15) is 0 Å². The zero-order valence-corrected chi connectivity index (χ0v) is 16.8. The summed E-state index contributed by atoms with van der Waals surface area (Å²) >= 11 is 0. The van der Waals surface area contributed by atoms with Crippen LogP contribution in [0.25, 0.3) is 0 Å². The summed E-state index contributed by atoms with van der Waals surface area (Å²) in [6, 6.07) is 9.82. The molecule has 2 aromatic rings. The van der Waals surface area contributed by atoms with Gasteiger partial charge in [0.15, 0.2) is 6.61 Å². The SMILES string of the molecule is CCNc1ccc(C(=O)OCC(=O)Nc2c(CC)cccc2CC)cc1[N+](=O)[O-]. The summed E-state index contributed by atoms with van der Waals surface area (Å²) in [5, 5.41) is 16.9. The average Bonchev–Trinajstić information content (AvgIpc) is 2.72. The number of benzene rings is 2. The quantitative estimate of drug-likeness (QED) is 0.375. The first-order valence-electron chi connectivity index (χ1n) is 9.51. The number of nitrogens with zero attached hydrogens (tertiary/aromatic N) is 1. The van der Waals surface area contributed by atoms with Gasteiger partial charge in [0.2, 0.25) is 0 Å². The highest BCUT2D eigenvalue weighted by molar-refractivity contribution is 5.97. The summed E-state index contributed by atoms with van der Waals surface area (Å²) < 4.78 is 5.05. The van der Waals surface area contributed by atoms with Crippen molar-refractivity contribution in [3.63, 3.8) is 0 Å². The number of carbonyl (C=O) groups is 2. The van der Waals surface area contributed by atoms with Gasteiger partial charge in [-0.05, 0) is 43.0 Å². The van der Waals surface area contributed by atoms with Crippen molar-refractivity contribution in [3.05, 3.63) is 63.2 Å². The molecule has 0 spiro atoms. The maximum absolute atomic E-state index is 12.3. The second-order valence-electron chi connectivity index (χ2n) is 6.30. The maximum Gasteiger partial charge on any atom is 0.338 e. The highest BCUT2D eigenvalue weighted by atomic mass is 16.6. The number of hydrogen-bond acceptors (Lipinski definition) is 6. The van der Waals surface area contributed by atoms with Crippen LogP contribution in [0.2, 0.25) is 0 Å². The Morgan fingerprint density at radius 3 is 2.28 bits per heavy atom. The molecule has 8 heteroatoms. The molecular formula is C21H25N3O5. The zero-order chi connectivity index (χ0) is 21.4. The summed E-state index contributed by atoms with van der Waals surface area (Å²) in [6.07, 6.45) is 1.51. The molecule has 0 fully saturated rings. The van der Waals surface area contributed by atoms with Crippen molar-refractivity contribution >= 4 is 28.9 Å². The van der Waals surface area contributed by atoms with Gasteiger partial charge in [0.05, 0.1) is 10.5 Å². The summed E-state index contributed by atoms with van der Waals surface area (Å²) in [6.45, 7) is 5.82. The van der Waals surface area contributed by atoms with Crippen LogP contribution in [-0.2, 0) is 22.4 Å². The number of rotatable bonds is 9. The minimum Gasteiger partial charge on any atom is -0.452 e. The van der Waals surface area contributed by atoms with Crippen molar-refractivity contribution in [1.29, 1.82) is 0 Å². The van der Waals surface area contributed by atoms with Crippen LogP contribution in [0.3, 0.4) is 0 Å². The molecule has 2 aromatic carbocycles. The van der Waals surface area contributed by atoms with Crippen molar-refractivity contribution in [2.75, 3.05) is 23.8 Å². The van der Waals surface area contributed by atoms with Gasteiger partial charge >= 0.3 is 5.97 Å². The van der Waals surface area contributed by atoms with E-state index in [1.54, 1.807) is 0 Å². The van der Waals surface area contributed by atoms with E-state index >= 15 is 0 Å². The average molecular weight is 399 g/mol. The van der Waals surface area contributed by atoms with Gasteiger partial charge in [0.25, 0.3) is 11.6 Å². The van der Waals surface area contributed by atoms with Crippen LogP contribution < -0.4 is 10.6 Å². The first kappa shape index (κ1) is 21.9. The lowest BCUT2D eigenvalue weighted by Crippen LogP contribution is -2.22. The third-order valence-electron chi connectivity index (χ3n) is 4.39. The Balaban J connectivity index is 2.07. The Bertz CT molecular complexity index is 889. The van der Waals surface area contributed by atoms with E-state index in [4.69, 9.17) is 4.74 Å². The van der Waals surface area contributed by atoms with Crippen LogP contribution in [0.4, 0.5) is 17.1 Å². The van der Waals surface area contributed by atoms with Crippen LogP contribution in [0.1, 0.15) is 42.3 Å². The van der Waals surface area contributed by atoms with Gasteiger partial charge in [0.1, 0.15) is 5.69 Å². The van der Waals surface area contributed by atoms with Crippen LogP contribution in [0.5, 0.6) is 0 Å². The van der Waals surface area contributed by atoms with Crippen LogP contribution >= 0.6 is 0 Å². The third kappa shape index (κ3) is 5.54. The maximum atomic E-state index is 12.3. The number of para-hydroxylation sites is 1. The van der Waals surface area contributed by atoms with E-state index in [9.17, 15) is 19.7 Å². The number of carbonyl (C=O) groups excluding carboxylic acids is 2. The normalized spacial score (nSPS) is 10.3. The van der Waals surface area contributed by atoms with E-state index in [0.29, 0.717) is 12.2 Å². The smallest absolute Gasteiger partial charge is 0.338 e. The first-order valence-corrected chi connectivity index (χ1v) is 9.51. The third-order valence-corrected chi connectivity index (χ3v) is 4.39. The molecule has 0 radical (unpaired) electrons. The molecule has 2 rings (SSSR count). The highest BCUT2D eigenvalue weighted by Gasteiger charge is 2.19. The van der Waals surface area contributed by atoms with Gasteiger partial charge in [-0.3, -0.25) is 14.9 Å². The number of amides is 1. The molecule has 0 unspecified atom stereocenters. The summed E-state index contributed by atoms with van der Waals surface area (Å²) in [7, 11) is 0. The zero-order valence-electron chi connectivity index (χ0n) is 16.8. The highest BCUT2D eigenvalue weighted by Crippen LogP contribution is 2.26. The minimum atomic E-state index is -0.800. The molecule has 1 amide bonds. The Kier molecular flexibility index (Phi) is 7.70. The molecule has 0 atom stereocenters. The fourth-order valence-electron chi connectivity index (χ4n) is 2.94. The minimum absolute atomic E-state index is 0.00867. The lowest BCUT2D eigenvalue weighted by molar-refractivity contribution is -0.384. The second-order valence-corrected chi connectivity index (χ2v) is 6.30. The fraction of sp³-hybridized carbons (Fsp3) is 0.333. The molecule has 0 bridgehead atoms. The molecule has 0 saturated carbocycles. The van der Waals surface area contributed by atoms with E-state index in [2.05, 4.69) is 10.6 Å². The van der Waals surface area contributed by atoms with Crippen LogP contribution in [0, 0.1) is 10.1 Å². The van der Waals surface area contributed by atoms with E-state index in [1.807, 2.05) is 39.0 Å². The second kappa shape index (κ2) is 10.2. The predicted octanol–water partition coefficient (Wildman–Crippen LogP) is 3.95. The van der Waals surface area contributed by atoms with Crippen LogP contribution in [-0.4, -0.2) is 30.0 Å². The predicted molar refractivity (Wildman–Crippen MR) is 111 cm³/mol. The molecule has 8 nitrogen and oxygen atoms in total. The summed E-state index contributed by atoms with van der Waals surface area (Å²) in [5.41, 5.74) is 2.83. The topological polar surface area (TPSA) is 111 Å². The van der Waals surface area contributed by atoms with Gasteiger partial charge in [-0.25, -0.2) is 4.79 Å². The van der Waals surface area contributed by atoms with Crippen LogP contribution in [0.15, 0.2) is 36.4 Å². The standard InChI is InChI=1S/C21H25N3O5/c1-4-14-8-7-9-15(5-2)20(14)23-19(25)13-29-21(26)16-10-11-17(22-6-3)18(12-16)24(27)28/h7-12,22H,4-6,13H2,1-3H3,(H,23,25). The van der Waals surface area contributed by atoms with E-state index < -0.39 is 23.4 Å². The van der Waals surface area contributed by atoms with Crippen molar-refractivity contribution < 1.29 is 19.2 Å². The molecule has 0 aliphatic heterocycles. The Morgan fingerprint density at radius 2 is 1.72 bits per heavy atom. The molecular weight excluding hydrogens is 374 g/mol. The number of hydrogen-bond donors (Lipinski definition) is 2. The van der Waals surface area contributed by atoms with Crippen molar-refractivity contribution in [1.82, 2.24) is 0 Å². The van der Waals surface area contributed by atoms with Gasteiger partial charge < -0.3 is 15.4 Å². The number of esters is 1. The van der Waals surface area contributed by atoms with Crippen molar-refractivity contribution in [2.45, 2.75) is 33.6 Å². The molecule has 0 aliphatic rings. The van der Waals surface area contributed by atoms with Gasteiger partial charge in [-0.1, -0.05) is 32.0 Å². The largest absolute Gasteiger partial charge is 0.452 e. The van der Waals surface area contributed by atoms with Crippen molar-refractivity contribution in [3.8, 4) is 0 Å². The summed E-state index contributed by atoms with van der Waals surface area (Å²) in [5.74, 6) is -1.27. The number of nitrogens with one attached hydrogen (secondary N) is 2.